The van der Waals surface area contributed by atoms with Crippen LogP contribution in [0.3, 0.4) is 0 Å². The summed E-state index contributed by atoms with van der Waals surface area (Å²) >= 11 is 18.7. The minimum atomic E-state index is -0.0964. The van der Waals surface area contributed by atoms with Gasteiger partial charge in [-0.05, 0) is 49.7 Å². The number of benzene rings is 2. The van der Waals surface area contributed by atoms with Gasteiger partial charge in [-0.3, -0.25) is 9.69 Å². The largest absolute Gasteiger partial charge is 0.495 e. The Morgan fingerprint density at radius 2 is 1.93 bits per heavy atom. The molecule has 1 heterocycles. The molecule has 1 N–H and O–H groups in total. The summed E-state index contributed by atoms with van der Waals surface area (Å²) in [7, 11) is 1.56. The average molecular weight is 428 g/mol. The van der Waals surface area contributed by atoms with Crippen molar-refractivity contribution in [3.05, 3.63) is 57.0 Å². The van der Waals surface area contributed by atoms with Crippen LogP contribution < -0.4 is 10.1 Å². The lowest BCUT2D eigenvalue weighted by atomic mass is 9.96. The van der Waals surface area contributed by atoms with E-state index in [0.29, 0.717) is 39.6 Å². The molecule has 1 atom stereocenters. The van der Waals surface area contributed by atoms with Gasteiger partial charge in [-0.2, -0.15) is 0 Å². The number of piperidine rings is 1. The van der Waals surface area contributed by atoms with Crippen LogP contribution in [0.15, 0.2) is 36.4 Å². The molecule has 2 aromatic carbocycles. The lowest BCUT2D eigenvalue weighted by molar-refractivity contribution is -0.121. The van der Waals surface area contributed by atoms with Gasteiger partial charge in [0.05, 0.1) is 18.1 Å². The predicted octanol–water partition coefficient (Wildman–Crippen LogP) is 5.51. The van der Waals surface area contributed by atoms with Gasteiger partial charge in [0.25, 0.3) is 0 Å². The van der Waals surface area contributed by atoms with Gasteiger partial charge >= 0.3 is 0 Å². The molecular formula is C20H21Cl3N2O2. The summed E-state index contributed by atoms with van der Waals surface area (Å²) in [4.78, 5) is 14.9. The summed E-state index contributed by atoms with van der Waals surface area (Å²) in [6.45, 7) is 2.22. The van der Waals surface area contributed by atoms with E-state index in [9.17, 15) is 4.79 Å². The van der Waals surface area contributed by atoms with Crippen LogP contribution in [0.5, 0.6) is 5.75 Å². The Morgan fingerprint density at radius 1 is 1.19 bits per heavy atom. The minimum Gasteiger partial charge on any atom is -0.495 e. The molecule has 1 fully saturated rings. The quantitative estimate of drug-likeness (QED) is 0.684. The normalized spacial score (nSPS) is 17.6. The van der Waals surface area contributed by atoms with Crippen LogP contribution in [-0.4, -0.2) is 31.0 Å². The van der Waals surface area contributed by atoms with E-state index in [1.807, 2.05) is 18.2 Å². The molecule has 0 radical (unpaired) electrons. The molecule has 1 aliphatic heterocycles. The minimum absolute atomic E-state index is 0.00816. The SMILES string of the molecule is COc1ccc(NC(=O)[C@H]2CCCN(Cc3c(Cl)cccc3Cl)C2)cc1Cl. The Kier molecular flexibility index (Phi) is 6.88. The van der Waals surface area contributed by atoms with Crippen molar-refractivity contribution in [1.29, 1.82) is 0 Å². The first-order valence-electron chi connectivity index (χ1n) is 8.77. The van der Waals surface area contributed by atoms with Gasteiger partial charge in [0.1, 0.15) is 5.75 Å². The molecule has 0 saturated carbocycles. The van der Waals surface area contributed by atoms with Gasteiger partial charge in [0, 0.05) is 34.4 Å². The summed E-state index contributed by atoms with van der Waals surface area (Å²) < 4.78 is 5.14. The first kappa shape index (κ1) is 20.3. The number of hydrogen-bond donors (Lipinski definition) is 1. The van der Waals surface area contributed by atoms with Gasteiger partial charge in [-0.15, -0.1) is 0 Å². The second-order valence-corrected chi connectivity index (χ2v) is 7.83. The number of nitrogens with zero attached hydrogens (tertiary/aromatic N) is 1. The fourth-order valence-electron chi connectivity index (χ4n) is 3.31. The zero-order chi connectivity index (χ0) is 19.4. The monoisotopic (exact) mass is 426 g/mol. The Bertz CT molecular complexity index is 809. The van der Waals surface area contributed by atoms with Crippen molar-refractivity contribution in [2.45, 2.75) is 19.4 Å². The molecule has 27 heavy (non-hydrogen) atoms. The molecule has 0 aromatic heterocycles. The summed E-state index contributed by atoms with van der Waals surface area (Å²) in [5.74, 6) is 0.474. The highest BCUT2D eigenvalue weighted by atomic mass is 35.5. The van der Waals surface area contributed by atoms with Crippen molar-refractivity contribution in [3.63, 3.8) is 0 Å². The summed E-state index contributed by atoms with van der Waals surface area (Å²) in [5, 5.41) is 4.73. The number of ether oxygens (including phenoxy) is 1. The van der Waals surface area contributed by atoms with Crippen LogP contribution in [0, 0.1) is 5.92 Å². The molecule has 0 spiro atoms. The standard InChI is InChI=1S/C20H21Cl3N2O2/c1-27-19-8-7-14(10-18(19)23)24-20(26)13-4-3-9-25(11-13)12-15-16(21)5-2-6-17(15)22/h2,5-8,10,13H,3-4,9,11-12H2,1H3,(H,24,26)/t13-/m0/s1. The Hall–Kier alpha value is -1.46. The number of nitrogens with one attached hydrogen (secondary N) is 1. The molecular weight excluding hydrogens is 407 g/mol. The van der Waals surface area contributed by atoms with Gasteiger partial charge in [-0.1, -0.05) is 40.9 Å². The Morgan fingerprint density at radius 3 is 2.59 bits per heavy atom. The number of anilines is 1. The number of methoxy groups -OCH3 is 1. The van der Waals surface area contributed by atoms with Crippen molar-refractivity contribution in [2.75, 3.05) is 25.5 Å². The fourth-order valence-corrected chi connectivity index (χ4v) is 4.08. The number of halogens is 3. The topological polar surface area (TPSA) is 41.6 Å². The summed E-state index contributed by atoms with van der Waals surface area (Å²) in [6.07, 6.45) is 1.80. The van der Waals surface area contributed by atoms with E-state index in [1.54, 1.807) is 25.3 Å². The van der Waals surface area contributed by atoms with E-state index in [1.165, 1.54) is 0 Å². The highest BCUT2D eigenvalue weighted by Crippen LogP contribution is 2.29. The lowest BCUT2D eigenvalue weighted by Crippen LogP contribution is -2.40. The van der Waals surface area contributed by atoms with Crippen LogP contribution in [0.2, 0.25) is 15.1 Å². The Balaban J connectivity index is 1.63. The number of amides is 1. The van der Waals surface area contributed by atoms with E-state index in [2.05, 4.69) is 10.2 Å². The van der Waals surface area contributed by atoms with E-state index in [-0.39, 0.29) is 11.8 Å². The zero-order valence-corrected chi connectivity index (χ0v) is 17.2. The van der Waals surface area contributed by atoms with Gasteiger partial charge in [0.2, 0.25) is 5.91 Å². The number of likely N-dealkylation sites (tertiary alicyclic amines) is 1. The van der Waals surface area contributed by atoms with Crippen LogP contribution >= 0.6 is 34.8 Å². The maximum Gasteiger partial charge on any atom is 0.228 e. The smallest absolute Gasteiger partial charge is 0.228 e. The van der Waals surface area contributed by atoms with E-state index in [0.717, 1.165) is 24.9 Å². The third kappa shape index (κ3) is 5.08. The van der Waals surface area contributed by atoms with Crippen molar-refractivity contribution in [1.82, 2.24) is 4.90 Å². The van der Waals surface area contributed by atoms with Crippen molar-refractivity contribution < 1.29 is 9.53 Å². The molecule has 4 nitrogen and oxygen atoms in total. The lowest BCUT2D eigenvalue weighted by Gasteiger charge is -2.32. The van der Waals surface area contributed by atoms with E-state index >= 15 is 0 Å². The van der Waals surface area contributed by atoms with Crippen molar-refractivity contribution in [2.24, 2.45) is 5.92 Å². The third-order valence-electron chi connectivity index (χ3n) is 4.74. The third-order valence-corrected chi connectivity index (χ3v) is 5.74. The molecule has 0 aliphatic carbocycles. The highest BCUT2D eigenvalue weighted by molar-refractivity contribution is 6.36. The molecule has 2 aromatic rings. The van der Waals surface area contributed by atoms with Crippen LogP contribution in [0.1, 0.15) is 18.4 Å². The van der Waals surface area contributed by atoms with Gasteiger partial charge in [-0.25, -0.2) is 0 Å². The molecule has 1 aliphatic rings. The van der Waals surface area contributed by atoms with Crippen LogP contribution in [-0.2, 0) is 11.3 Å². The van der Waals surface area contributed by atoms with Gasteiger partial charge < -0.3 is 10.1 Å². The Labute approximate surface area is 174 Å². The summed E-state index contributed by atoms with van der Waals surface area (Å²) in [6, 6.07) is 10.7. The number of rotatable bonds is 5. The van der Waals surface area contributed by atoms with Crippen LogP contribution in [0.25, 0.3) is 0 Å². The maximum atomic E-state index is 12.7. The second-order valence-electron chi connectivity index (χ2n) is 6.61. The summed E-state index contributed by atoms with van der Waals surface area (Å²) in [5.41, 5.74) is 1.57. The first-order valence-corrected chi connectivity index (χ1v) is 9.91. The fraction of sp³-hybridized carbons (Fsp3) is 0.350. The predicted molar refractivity (Wildman–Crippen MR) is 111 cm³/mol. The number of carbonyl (C=O) groups excluding carboxylic acids is 1. The zero-order valence-electron chi connectivity index (χ0n) is 15.0. The van der Waals surface area contributed by atoms with Gasteiger partial charge in [0.15, 0.2) is 0 Å². The maximum absolute atomic E-state index is 12.7. The molecule has 0 unspecified atom stereocenters. The number of hydrogen-bond acceptors (Lipinski definition) is 3. The molecule has 144 valence electrons. The molecule has 1 amide bonds. The molecule has 3 rings (SSSR count). The average Bonchev–Trinajstić information content (AvgIpc) is 2.65. The molecule has 0 bridgehead atoms. The molecule has 1 saturated heterocycles. The van der Waals surface area contributed by atoms with E-state index in [4.69, 9.17) is 39.5 Å². The number of carbonyl (C=O) groups is 1. The molecule has 7 heteroatoms. The van der Waals surface area contributed by atoms with E-state index < -0.39 is 0 Å². The van der Waals surface area contributed by atoms with Crippen molar-refractivity contribution in [3.8, 4) is 5.75 Å². The highest BCUT2D eigenvalue weighted by Gasteiger charge is 2.26. The second kappa shape index (κ2) is 9.16. The first-order chi connectivity index (χ1) is 13.0. The van der Waals surface area contributed by atoms with Crippen LogP contribution in [0.4, 0.5) is 5.69 Å². The van der Waals surface area contributed by atoms with Crippen molar-refractivity contribution >= 4 is 46.4 Å².